The molecule has 0 aromatic heterocycles. The second-order valence-corrected chi connectivity index (χ2v) is 4.67. The minimum absolute atomic E-state index is 0. The molecule has 0 saturated heterocycles. The molecule has 1 heteroatoms. The van der Waals surface area contributed by atoms with Crippen LogP contribution in [-0.4, -0.2) is 0 Å². The SMILES string of the molecule is [W].c1ccc(C(c2ccccc2)c2ccccc2)cc1. The predicted molar refractivity (Wildman–Crippen MR) is 80.3 cm³/mol. The van der Waals surface area contributed by atoms with Crippen molar-refractivity contribution in [2.24, 2.45) is 0 Å². The second kappa shape index (κ2) is 7.22. The fourth-order valence-electron chi connectivity index (χ4n) is 2.51. The normalized spacial score (nSPS) is 10.1. The van der Waals surface area contributed by atoms with Gasteiger partial charge in [0.1, 0.15) is 0 Å². The number of hydrogen-bond donors (Lipinski definition) is 0. The Bertz CT molecular complexity index is 524. The van der Waals surface area contributed by atoms with E-state index in [1.807, 2.05) is 0 Å². The Morgan fingerprint density at radius 2 is 0.650 bits per heavy atom. The van der Waals surface area contributed by atoms with Crippen molar-refractivity contribution in [3.8, 4) is 0 Å². The molecule has 20 heavy (non-hydrogen) atoms. The average molecular weight is 428 g/mol. The summed E-state index contributed by atoms with van der Waals surface area (Å²) in [5, 5.41) is 0. The fraction of sp³-hybridized carbons (Fsp3) is 0.0526. The molecule has 0 saturated carbocycles. The van der Waals surface area contributed by atoms with Crippen LogP contribution in [-0.2, 0) is 21.1 Å². The summed E-state index contributed by atoms with van der Waals surface area (Å²) in [6.07, 6.45) is 0. The van der Waals surface area contributed by atoms with Crippen LogP contribution in [0.5, 0.6) is 0 Å². The van der Waals surface area contributed by atoms with E-state index >= 15 is 0 Å². The van der Waals surface area contributed by atoms with Crippen LogP contribution >= 0.6 is 0 Å². The van der Waals surface area contributed by atoms with Crippen molar-refractivity contribution in [1.29, 1.82) is 0 Å². The molecule has 0 fully saturated rings. The maximum absolute atomic E-state index is 2.20. The summed E-state index contributed by atoms with van der Waals surface area (Å²) >= 11 is 0. The van der Waals surface area contributed by atoms with Gasteiger partial charge in [-0.1, -0.05) is 91.0 Å². The third-order valence-corrected chi connectivity index (χ3v) is 3.40. The van der Waals surface area contributed by atoms with Crippen LogP contribution in [0.25, 0.3) is 0 Å². The molecule has 0 unspecified atom stereocenters. The van der Waals surface area contributed by atoms with Gasteiger partial charge >= 0.3 is 0 Å². The van der Waals surface area contributed by atoms with E-state index in [0.717, 1.165) is 0 Å². The van der Waals surface area contributed by atoms with E-state index in [2.05, 4.69) is 91.0 Å². The van der Waals surface area contributed by atoms with Crippen LogP contribution in [0, 0.1) is 0 Å². The van der Waals surface area contributed by atoms with Crippen molar-refractivity contribution in [3.05, 3.63) is 108 Å². The van der Waals surface area contributed by atoms with Gasteiger partial charge in [0.2, 0.25) is 0 Å². The van der Waals surface area contributed by atoms with Crippen LogP contribution in [0.1, 0.15) is 22.6 Å². The van der Waals surface area contributed by atoms with E-state index in [0.29, 0.717) is 5.92 Å². The molecule has 0 radical (unpaired) electrons. The van der Waals surface area contributed by atoms with Crippen LogP contribution in [0.3, 0.4) is 0 Å². The Morgan fingerprint density at radius 1 is 0.400 bits per heavy atom. The zero-order valence-electron chi connectivity index (χ0n) is 11.1. The van der Waals surface area contributed by atoms with Gasteiger partial charge in [0.25, 0.3) is 0 Å². The quantitative estimate of drug-likeness (QED) is 0.523. The molecule has 3 aromatic carbocycles. The predicted octanol–water partition coefficient (Wildman–Crippen LogP) is 4.86. The molecule has 3 aromatic rings. The fourth-order valence-corrected chi connectivity index (χ4v) is 2.51. The largest absolute Gasteiger partial charge is 0.0622 e. The molecule has 3 rings (SSSR count). The summed E-state index contributed by atoms with van der Waals surface area (Å²) in [7, 11) is 0. The first kappa shape index (κ1) is 14.8. The molecule has 0 aliphatic carbocycles. The zero-order valence-corrected chi connectivity index (χ0v) is 14.1. The summed E-state index contributed by atoms with van der Waals surface area (Å²) in [4.78, 5) is 0. The monoisotopic (exact) mass is 428 g/mol. The summed E-state index contributed by atoms with van der Waals surface area (Å²) in [5.74, 6) is 0.309. The van der Waals surface area contributed by atoms with E-state index in [9.17, 15) is 0 Å². The second-order valence-electron chi connectivity index (χ2n) is 4.67. The summed E-state index contributed by atoms with van der Waals surface area (Å²) < 4.78 is 0. The van der Waals surface area contributed by atoms with Gasteiger partial charge in [-0.25, -0.2) is 0 Å². The zero-order chi connectivity index (χ0) is 12.9. The van der Waals surface area contributed by atoms with Gasteiger partial charge in [-0.3, -0.25) is 0 Å². The number of rotatable bonds is 3. The van der Waals surface area contributed by atoms with Gasteiger partial charge in [0.15, 0.2) is 0 Å². The molecule has 0 N–H and O–H groups in total. The molecule has 0 bridgehead atoms. The van der Waals surface area contributed by atoms with Gasteiger partial charge in [-0.15, -0.1) is 0 Å². The van der Waals surface area contributed by atoms with E-state index in [4.69, 9.17) is 0 Å². The van der Waals surface area contributed by atoms with E-state index in [-0.39, 0.29) is 21.1 Å². The number of benzene rings is 3. The van der Waals surface area contributed by atoms with Gasteiger partial charge in [0.05, 0.1) is 0 Å². The molecule has 0 aliphatic rings. The summed E-state index contributed by atoms with van der Waals surface area (Å²) in [6.45, 7) is 0. The average Bonchev–Trinajstić information content (AvgIpc) is 2.51. The Morgan fingerprint density at radius 3 is 0.900 bits per heavy atom. The molecule has 98 valence electrons. The van der Waals surface area contributed by atoms with Crippen molar-refractivity contribution >= 4 is 0 Å². The molecule has 0 amide bonds. The van der Waals surface area contributed by atoms with E-state index in [1.165, 1.54) is 16.7 Å². The van der Waals surface area contributed by atoms with Crippen LogP contribution in [0.15, 0.2) is 91.0 Å². The molecule has 0 heterocycles. The van der Waals surface area contributed by atoms with Gasteiger partial charge in [-0.05, 0) is 16.7 Å². The topological polar surface area (TPSA) is 0 Å². The Kier molecular flexibility index (Phi) is 5.32. The summed E-state index contributed by atoms with van der Waals surface area (Å²) in [5.41, 5.74) is 4.00. The molecular weight excluding hydrogens is 412 g/mol. The van der Waals surface area contributed by atoms with Crippen molar-refractivity contribution < 1.29 is 21.1 Å². The molecule has 0 aliphatic heterocycles. The van der Waals surface area contributed by atoms with E-state index in [1.54, 1.807) is 0 Å². The van der Waals surface area contributed by atoms with Gasteiger partial charge in [0, 0.05) is 27.0 Å². The third kappa shape index (κ3) is 3.26. The molecule has 0 atom stereocenters. The first-order chi connectivity index (χ1) is 9.45. The Balaban J connectivity index is 0.00000147. The molecule has 0 spiro atoms. The molecular formula is C19H16W. The minimum Gasteiger partial charge on any atom is -0.0622 e. The molecule has 0 nitrogen and oxygen atoms in total. The van der Waals surface area contributed by atoms with Crippen molar-refractivity contribution in [2.45, 2.75) is 5.92 Å². The Hall–Kier alpha value is -1.65. The van der Waals surface area contributed by atoms with Crippen molar-refractivity contribution in [3.63, 3.8) is 0 Å². The maximum Gasteiger partial charge on any atom is 0.0339 e. The summed E-state index contributed by atoms with van der Waals surface area (Å²) in [6, 6.07) is 32.0. The smallest absolute Gasteiger partial charge is 0.0339 e. The van der Waals surface area contributed by atoms with Crippen LogP contribution in [0.4, 0.5) is 0 Å². The van der Waals surface area contributed by atoms with Gasteiger partial charge in [-0.2, -0.15) is 0 Å². The standard InChI is InChI=1S/C19H16.W/c1-4-10-16(11-5-1)19(17-12-6-2-7-13-17)18-14-8-3-9-15-18;/h1-15,19H;. The van der Waals surface area contributed by atoms with Crippen molar-refractivity contribution in [1.82, 2.24) is 0 Å². The van der Waals surface area contributed by atoms with E-state index < -0.39 is 0 Å². The maximum atomic E-state index is 2.20. The van der Waals surface area contributed by atoms with Crippen molar-refractivity contribution in [2.75, 3.05) is 0 Å². The van der Waals surface area contributed by atoms with Gasteiger partial charge < -0.3 is 0 Å². The van der Waals surface area contributed by atoms with Crippen LogP contribution in [0.2, 0.25) is 0 Å². The number of hydrogen-bond acceptors (Lipinski definition) is 0. The third-order valence-electron chi connectivity index (χ3n) is 3.40. The minimum atomic E-state index is 0. The van der Waals surface area contributed by atoms with Crippen LogP contribution < -0.4 is 0 Å². The Labute approximate surface area is 134 Å². The first-order valence-electron chi connectivity index (χ1n) is 6.60. The first-order valence-corrected chi connectivity index (χ1v) is 6.60.